The number of hydrogen-bond acceptors (Lipinski definition) is 4. The number of nitrogens with one attached hydrogen (secondary N) is 2. The molecule has 2 saturated heterocycles. The fraction of sp³-hybridized carbons (Fsp3) is 0.667. The van der Waals surface area contributed by atoms with E-state index >= 15 is 0 Å². The molecule has 0 aromatic rings. The summed E-state index contributed by atoms with van der Waals surface area (Å²) < 4.78 is 0. The molecule has 110 valence electrons. The van der Waals surface area contributed by atoms with Crippen molar-refractivity contribution in [2.24, 2.45) is 0 Å². The van der Waals surface area contributed by atoms with Crippen molar-refractivity contribution in [3.63, 3.8) is 0 Å². The maximum atomic E-state index is 12.2. The molecule has 5 amide bonds. The van der Waals surface area contributed by atoms with Crippen molar-refractivity contribution in [3.05, 3.63) is 0 Å². The summed E-state index contributed by atoms with van der Waals surface area (Å²) >= 11 is 0. The van der Waals surface area contributed by atoms with Crippen molar-refractivity contribution in [1.82, 2.24) is 20.4 Å². The van der Waals surface area contributed by atoms with E-state index in [0.29, 0.717) is 13.1 Å². The summed E-state index contributed by atoms with van der Waals surface area (Å²) in [5.74, 6) is -1.08. The predicted molar refractivity (Wildman–Crippen MR) is 68.5 cm³/mol. The van der Waals surface area contributed by atoms with E-state index in [1.165, 1.54) is 4.90 Å². The Hall–Kier alpha value is -2.12. The van der Waals surface area contributed by atoms with Gasteiger partial charge in [0, 0.05) is 13.1 Å². The van der Waals surface area contributed by atoms with Gasteiger partial charge < -0.3 is 15.5 Å². The van der Waals surface area contributed by atoms with Gasteiger partial charge in [-0.3, -0.25) is 19.3 Å². The molecule has 0 aliphatic carbocycles. The Morgan fingerprint density at radius 2 is 2.00 bits per heavy atom. The van der Waals surface area contributed by atoms with Crippen LogP contribution in [-0.2, 0) is 14.4 Å². The molecular weight excluding hydrogens is 264 g/mol. The lowest BCUT2D eigenvalue weighted by Crippen LogP contribution is -2.58. The zero-order chi connectivity index (χ0) is 15.1. The Morgan fingerprint density at radius 1 is 1.35 bits per heavy atom. The first-order valence-electron chi connectivity index (χ1n) is 6.45. The van der Waals surface area contributed by atoms with Gasteiger partial charge in [-0.25, -0.2) is 4.79 Å². The molecular formula is C12H18N4O4. The summed E-state index contributed by atoms with van der Waals surface area (Å²) in [4.78, 5) is 49.7. The van der Waals surface area contributed by atoms with Crippen LogP contribution in [0, 0.1) is 0 Å². The molecule has 2 fully saturated rings. The van der Waals surface area contributed by atoms with E-state index < -0.39 is 29.4 Å². The molecule has 2 rings (SSSR count). The Morgan fingerprint density at radius 3 is 2.55 bits per heavy atom. The molecule has 0 saturated carbocycles. The second-order valence-electron chi connectivity index (χ2n) is 5.50. The lowest BCUT2D eigenvalue weighted by Gasteiger charge is -2.33. The number of hydrogen-bond donors (Lipinski definition) is 2. The standard InChI is InChI=1S/C12H18N4O4/c1-7-9(18)13-4-5-15(7)8(17)6-16-10(19)12(2,3)14-11(16)20/h7H,4-6H2,1-3H3,(H,13,18)(H,14,20). The highest BCUT2D eigenvalue weighted by Crippen LogP contribution is 2.17. The molecule has 2 aliphatic heterocycles. The molecule has 0 aromatic carbocycles. The van der Waals surface area contributed by atoms with E-state index in [9.17, 15) is 19.2 Å². The fourth-order valence-electron chi connectivity index (χ4n) is 2.31. The van der Waals surface area contributed by atoms with Crippen LogP contribution in [0.15, 0.2) is 0 Å². The third-order valence-corrected chi connectivity index (χ3v) is 3.56. The molecule has 20 heavy (non-hydrogen) atoms. The van der Waals surface area contributed by atoms with Crippen LogP contribution in [0.1, 0.15) is 20.8 Å². The lowest BCUT2D eigenvalue weighted by atomic mass is 10.1. The van der Waals surface area contributed by atoms with Gasteiger partial charge in [-0.1, -0.05) is 0 Å². The molecule has 0 spiro atoms. The monoisotopic (exact) mass is 282 g/mol. The van der Waals surface area contributed by atoms with E-state index in [1.54, 1.807) is 20.8 Å². The maximum Gasteiger partial charge on any atom is 0.325 e. The molecule has 8 heteroatoms. The largest absolute Gasteiger partial charge is 0.353 e. The van der Waals surface area contributed by atoms with Crippen LogP contribution in [-0.4, -0.2) is 64.8 Å². The van der Waals surface area contributed by atoms with E-state index in [4.69, 9.17) is 0 Å². The van der Waals surface area contributed by atoms with Gasteiger partial charge in [0.1, 0.15) is 18.1 Å². The normalized spacial score (nSPS) is 25.6. The third-order valence-electron chi connectivity index (χ3n) is 3.56. The molecule has 1 unspecified atom stereocenters. The number of piperazine rings is 1. The van der Waals surface area contributed by atoms with Gasteiger partial charge in [-0.05, 0) is 20.8 Å². The predicted octanol–water partition coefficient (Wildman–Crippen LogP) is -1.34. The van der Waals surface area contributed by atoms with E-state index in [0.717, 1.165) is 4.90 Å². The number of imide groups is 1. The minimum atomic E-state index is -0.998. The Balaban J connectivity index is 2.07. The smallest absolute Gasteiger partial charge is 0.325 e. The van der Waals surface area contributed by atoms with Crippen molar-refractivity contribution < 1.29 is 19.2 Å². The molecule has 2 heterocycles. The highest BCUT2D eigenvalue weighted by atomic mass is 16.2. The van der Waals surface area contributed by atoms with Crippen molar-refractivity contribution >= 4 is 23.8 Å². The first-order valence-corrected chi connectivity index (χ1v) is 6.45. The number of amides is 5. The second-order valence-corrected chi connectivity index (χ2v) is 5.50. The minimum Gasteiger partial charge on any atom is -0.353 e. The van der Waals surface area contributed by atoms with Crippen LogP contribution in [0.25, 0.3) is 0 Å². The number of carbonyl (C=O) groups excluding carboxylic acids is 4. The Labute approximate surface area is 116 Å². The van der Waals surface area contributed by atoms with Crippen molar-refractivity contribution in [3.8, 4) is 0 Å². The first kappa shape index (κ1) is 14.3. The van der Waals surface area contributed by atoms with Crippen molar-refractivity contribution in [2.45, 2.75) is 32.4 Å². The minimum absolute atomic E-state index is 0.234. The summed E-state index contributed by atoms with van der Waals surface area (Å²) in [5, 5.41) is 5.16. The lowest BCUT2D eigenvalue weighted by molar-refractivity contribution is -0.145. The first-order chi connectivity index (χ1) is 9.24. The van der Waals surface area contributed by atoms with Crippen LogP contribution >= 0.6 is 0 Å². The average molecular weight is 282 g/mol. The van der Waals surface area contributed by atoms with E-state index in [2.05, 4.69) is 10.6 Å². The molecule has 1 atom stereocenters. The summed E-state index contributed by atoms with van der Waals surface area (Å²) in [6.45, 7) is 5.18. The highest BCUT2D eigenvalue weighted by Gasteiger charge is 2.45. The molecule has 2 aliphatic rings. The van der Waals surface area contributed by atoms with Crippen molar-refractivity contribution in [2.75, 3.05) is 19.6 Å². The molecule has 2 N–H and O–H groups in total. The quantitative estimate of drug-likeness (QED) is 0.613. The van der Waals surface area contributed by atoms with Gasteiger partial charge in [0.05, 0.1) is 0 Å². The Bertz CT molecular complexity index is 488. The van der Waals surface area contributed by atoms with Gasteiger partial charge in [-0.15, -0.1) is 0 Å². The number of urea groups is 1. The zero-order valence-corrected chi connectivity index (χ0v) is 11.7. The molecule has 0 bridgehead atoms. The van der Waals surface area contributed by atoms with Crippen LogP contribution < -0.4 is 10.6 Å². The zero-order valence-electron chi connectivity index (χ0n) is 11.7. The summed E-state index contributed by atoms with van der Waals surface area (Å²) in [6, 6.07) is -1.17. The summed E-state index contributed by atoms with van der Waals surface area (Å²) in [5.41, 5.74) is -0.998. The number of nitrogens with zero attached hydrogens (tertiary/aromatic N) is 2. The third kappa shape index (κ3) is 2.33. The summed E-state index contributed by atoms with van der Waals surface area (Å²) in [6.07, 6.45) is 0. The summed E-state index contributed by atoms with van der Waals surface area (Å²) in [7, 11) is 0. The molecule has 0 aromatic heterocycles. The van der Waals surface area contributed by atoms with Gasteiger partial charge >= 0.3 is 6.03 Å². The van der Waals surface area contributed by atoms with Crippen LogP contribution in [0.2, 0.25) is 0 Å². The fourth-order valence-corrected chi connectivity index (χ4v) is 2.31. The van der Waals surface area contributed by atoms with Gasteiger partial charge in [-0.2, -0.15) is 0 Å². The van der Waals surface area contributed by atoms with E-state index in [-0.39, 0.29) is 12.5 Å². The maximum absolute atomic E-state index is 12.2. The highest BCUT2D eigenvalue weighted by molar-refractivity contribution is 6.08. The SMILES string of the molecule is CC1C(=O)NCCN1C(=O)CN1C(=O)NC(C)(C)C1=O. The van der Waals surface area contributed by atoms with Crippen molar-refractivity contribution in [1.29, 1.82) is 0 Å². The van der Waals surface area contributed by atoms with Gasteiger partial charge in [0.2, 0.25) is 11.8 Å². The van der Waals surface area contributed by atoms with Gasteiger partial charge in [0.25, 0.3) is 5.91 Å². The average Bonchev–Trinajstić information content (AvgIpc) is 2.55. The van der Waals surface area contributed by atoms with Gasteiger partial charge in [0.15, 0.2) is 0 Å². The Kier molecular flexibility index (Phi) is 3.41. The molecule has 8 nitrogen and oxygen atoms in total. The van der Waals surface area contributed by atoms with Crippen LogP contribution in [0.5, 0.6) is 0 Å². The van der Waals surface area contributed by atoms with Crippen LogP contribution in [0.3, 0.4) is 0 Å². The van der Waals surface area contributed by atoms with E-state index in [1.807, 2.05) is 0 Å². The van der Waals surface area contributed by atoms with Crippen LogP contribution in [0.4, 0.5) is 4.79 Å². The molecule has 0 radical (unpaired) electrons. The number of carbonyl (C=O) groups is 4. The second kappa shape index (κ2) is 4.77. The topological polar surface area (TPSA) is 98.8 Å². The number of rotatable bonds is 2.